The maximum absolute atomic E-state index is 12.6. The highest BCUT2D eigenvalue weighted by atomic mass is 19.1. The minimum Gasteiger partial charge on any atom is -0.367 e. The Morgan fingerprint density at radius 3 is 2.83 bits per heavy atom. The lowest BCUT2D eigenvalue weighted by Gasteiger charge is -2.26. The molecule has 1 aromatic rings. The first-order valence-electron chi connectivity index (χ1n) is 4.24. The van der Waals surface area contributed by atoms with Gasteiger partial charge in [0.25, 0.3) is 0 Å². The Hall–Kier alpha value is -1.12. The first-order valence-corrected chi connectivity index (χ1v) is 4.24. The van der Waals surface area contributed by atoms with E-state index in [-0.39, 0.29) is 0 Å². The second-order valence-corrected chi connectivity index (χ2v) is 3.12. The first-order chi connectivity index (χ1) is 5.84. The molecular formula is C9H11FN2. The van der Waals surface area contributed by atoms with Crippen LogP contribution in [0.2, 0.25) is 0 Å². The molecule has 2 nitrogen and oxygen atoms in total. The van der Waals surface area contributed by atoms with Crippen molar-refractivity contribution in [3.63, 3.8) is 0 Å². The molecular weight excluding hydrogens is 155 g/mol. The average molecular weight is 166 g/mol. The summed E-state index contributed by atoms with van der Waals surface area (Å²) >= 11 is 0. The number of rotatable bonds is 2. The number of hydrogen-bond donors (Lipinski definition) is 1. The molecule has 0 bridgehead atoms. The number of pyridine rings is 1. The van der Waals surface area contributed by atoms with Gasteiger partial charge in [-0.25, -0.2) is 4.98 Å². The molecule has 1 aromatic heterocycles. The summed E-state index contributed by atoms with van der Waals surface area (Å²) in [5, 5.41) is 3.17. The summed E-state index contributed by atoms with van der Waals surface area (Å²) in [5.74, 6) is 0.235. The zero-order valence-electron chi connectivity index (χ0n) is 6.76. The quantitative estimate of drug-likeness (QED) is 0.681. The van der Waals surface area contributed by atoms with Gasteiger partial charge in [-0.15, -0.1) is 0 Å². The molecule has 0 aromatic carbocycles. The van der Waals surface area contributed by atoms with E-state index in [0.29, 0.717) is 11.9 Å². The highest BCUT2D eigenvalue weighted by Crippen LogP contribution is 2.21. The predicted octanol–water partition coefficient (Wildman–Crippen LogP) is 2.19. The molecule has 1 N–H and O–H groups in total. The standard InChI is InChI=1S/C9H11FN2/c10-8-5-2-6-9(12-8)11-7-3-1-4-7/h2,5-7H,1,3-4H2,(H,11,12). The highest BCUT2D eigenvalue weighted by Gasteiger charge is 2.16. The summed E-state index contributed by atoms with van der Waals surface area (Å²) < 4.78 is 12.6. The Morgan fingerprint density at radius 2 is 2.25 bits per heavy atom. The maximum atomic E-state index is 12.6. The normalized spacial score (nSPS) is 17.1. The fourth-order valence-electron chi connectivity index (χ4n) is 1.25. The van der Waals surface area contributed by atoms with Crippen LogP contribution in [0.1, 0.15) is 19.3 Å². The average Bonchev–Trinajstić information content (AvgIpc) is 1.97. The van der Waals surface area contributed by atoms with Crippen molar-refractivity contribution in [2.45, 2.75) is 25.3 Å². The molecule has 0 saturated heterocycles. The minimum absolute atomic E-state index is 0.417. The van der Waals surface area contributed by atoms with Gasteiger partial charge in [0.2, 0.25) is 5.95 Å². The van der Waals surface area contributed by atoms with Gasteiger partial charge in [0, 0.05) is 6.04 Å². The Morgan fingerprint density at radius 1 is 1.42 bits per heavy atom. The monoisotopic (exact) mass is 166 g/mol. The zero-order chi connectivity index (χ0) is 8.39. The van der Waals surface area contributed by atoms with E-state index in [1.165, 1.54) is 25.3 Å². The van der Waals surface area contributed by atoms with Crippen molar-refractivity contribution in [3.8, 4) is 0 Å². The van der Waals surface area contributed by atoms with Crippen LogP contribution in [0.4, 0.5) is 10.2 Å². The van der Waals surface area contributed by atoms with Crippen LogP contribution in [-0.2, 0) is 0 Å². The van der Waals surface area contributed by atoms with E-state index in [9.17, 15) is 4.39 Å². The summed E-state index contributed by atoms with van der Waals surface area (Å²) in [4.78, 5) is 3.72. The molecule has 1 aliphatic rings. The van der Waals surface area contributed by atoms with Crippen molar-refractivity contribution in [1.82, 2.24) is 4.98 Å². The molecule has 0 aliphatic heterocycles. The van der Waals surface area contributed by atoms with Crippen LogP contribution < -0.4 is 5.32 Å². The third-order valence-corrected chi connectivity index (χ3v) is 2.17. The second-order valence-electron chi connectivity index (χ2n) is 3.12. The van der Waals surface area contributed by atoms with Crippen LogP contribution in [0.3, 0.4) is 0 Å². The van der Waals surface area contributed by atoms with Crippen molar-refractivity contribution in [3.05, 3.63) is 24.1 Å². The second kappa shape index (κ2) is 3.09. The molecule has 12 heavy (non-hydrogen) atoms. The third-order valence-electron chi connectivity index (χ3n) is 2.17. The van der Waals surface area contributed by atoms with E-state index >= 15 is 0 Å². The number of nitrogens with zero attached hydrogens (tertiary/aromatic N) is 1. The van der Waals surface area contributed by atoms with E-state index in [0.717, 1.165) is 0 Å². The van der Waals surface area contributed by atoms with E-state index in [1.54, 1.807) is 12.1 Å². The van der Waals surface area contributed by atoms with Crippen LogP contribution in [0.25, 0.3) is 0 Å². The smallest absolute Gasteiger partial charge is 0.214 e. The van der Waals surface area contributed by atoms with Crippen molar-refractivity contribution < 1.29 is 4.39 Å². The van der Waals surface area contributed by atoms with Gasteiger partial charge in [0.05, 0.1) is 0 Å². The Labute approximate surface area is 70.8 Å². The summed E-state index contributed by atoms with van der Waals surface area (Å²) in [6, 6.07) is 5.33. The Balaban J connectivity index is 2.02. The van der Waals surface area contributed by atoms with E-state index in [4.69, 9.17) is 0 Å². The summed E-state index contributed by atoms with van der Waals surface area (Å²) in [6.45, 7) is 0. The topological polar surface area (TPSA) is 24.9 Å². The SMILES string of the molecule is Fc1cccc(NC2CCC2)n1. The van der Waals surface area contributed by atoms with Gasteiger partial charge in [-0.1, -0.05) is 6.07 Å². The van der Waals surface area contributed by atoms with Gasteiger partial charge in [-0.05, 0) is 31.4 Å². The molecule has 2 rings (SSSR count). The van der Waals surface area contributed by atoms with E-state index in [1.807, 2.05) is 0 Å². The van der Waals surface area contributed by atoms with Crippen molar-refractivity contribution in [1.29, 1.82) is 0 Å². The highest BCUT2D eigenvalue weighted by molar-refractivity contribution is 5.35. The molecule has 1 fully saturated rings. The molecule has 1 aliphatic carbocycles. The fraction of sp³-hybridized carbons (Fsp3) is 0.444. The van der Waals surface area contributed by atoms with Crippen LogP contribution in [0.5, 0.6) is 0 Å². The van der Waals surface area contributed by atoms with Gasteiger partial charge in [0.1, 0.15) is 5.82 Å². The number of hydrogen-bond acceptors (Lipinski definition) is 2. The first kappa shape index (κ1) is 7.53. The minimum atomic E-state index is -0.417. The van der Waals surface area contributed by atoms with Crippen molar-refractivity contribution in [2.75, 3.05) is 5.32 Å². The molecule has 0 unspecified atom stereocenters. The third kappa shape index (κ3) is 1.55. The molecule has 1 heterocycles. The van der Waals surface area contributed by atoms with Gasteiger partial charge in [-0.2, -0.15) is 4.39 Å². The Bertz CT molecular complexity index is 271. The molecule has 64 valence electrons. The predicted molar refractivity (Wildman–Crippen MR) is 45.5 cm³/mol. The Kier molecular flexibility index (Phi) is 1.94. The lowest BCUT2D eigenvalue weighted by Crippen LogP contribution is -2.27. The molecule has 0 radical (unpaired) electrons. The van der Waals surface area contributed by atoms with E-state index < -0.39 is 5.95 Å². The molecule has 0 amide bonds. The lowest BCUT2D eigenvalue weighted by molar-refractivity contribution is 0.443. The zero-order valence-corrected chi connectivity index (χ0v) is 6.76. The molecule has 1 saturated carbocycles. The number of halogens is 1. The van der Waals surface area contributed by atoms with Crippen LogP contribution in [0.15, 0.2) is 18.2 Å². The summed E-state index contributed by atoms with van der Waals surface area (Å²) in [7, 11) is 0. The van der Waals surface area contributed by atoms with Crippen LogP contribution in [0, 0.1) is 5.95 Å². The van der Waals surface area contributed by atoms with Crippen molar-refractivity contribution >= 4 is 5.82 Å². The van der Waals surface area contributed by atoms with E-state index in [2.05, 4.69) is 10.3 Å². The van der Waals surface area contributed by atoms with Gasteiger partial charge >= 0.3 is 0 Å². The van der Waals surface area contributed by atoms with Gasteiger partial charge in [-0.3, -0.25) is 0 Å². The lowest BCUT2D eigenvalue weighted by atomic mass is 9.93. The summed E-state index contributed by atoms with van der Waals surface area (Å²) in [6.07, 6.45) is 3.63. The largest absolute Gasteiger partial charge is 0.367 e. The molecule has 0 atom stereocenters. The molecule has 0 spiro atoms. The number of aromatic nitrogens is 1. The number of anilines is 1. The van der Waals surface area contributed by atoms with Gasteiger partial charge in [0.15, 0.2) is 0 Å². The summed E-state index contributed by atoms with van der Waals surface area (Å²) in [5.41, 5.74) is 0. The molecule has 3 heteroatoms. The van der Waals surface area contributed by atoms with Gasteiger partial charge < -0.3 is 5.32 Å². The van der Waals surface area contributed by atoms with Crippen molar-refractivity contribution in [2.24, 2.45) is 0 Å². The maximum Gasteiger partial charge on any atom is 0.214 e. The fourth-order valence-corrected chi connectivity index (χ4v) is 1.25. The van der Waals surface area contributed by atoms with Crippen LogP contribution >= 0.6 is 0 Å². The van der Waals surface area contributed by atoms with Crippen LogP contribution in [-0.4, -0.2) is 11.0 Å². The number of nitrogens with one attached hydrogen (secondary N) is 1.